The second-order valence-corrected chi connectivity index (χ2v) is 7.09. The molecule has 1 fully saturated rings. The zero-order chi connectivity index (χ0) is 13.8. The first-order valence-corrected chi connectivity index (χ1v) is 7.66. The van der Waals surface area contributed by atoms with E-state index in [1.165, 1.54) is 25.7 Å². The molecule has 0 spiro atoms. The highest BCUT2D eigenvalue weighted by molar-refractivity contribution is 4.82. The second-order valence-electron chi connectivity index (χ2n) is 7.09. The van der Waals surface area contributed by atoms with Crippen LogP contribution in [0.15, 0.2) is 0 Å². The van der Waals surface area contributed by atoms with Crippen molar-refractivity contribution in [3.63, 3.8) is 0 Å². The lowest BCUT2D eigenvalue weighted by Gasteiger charge is -2.35. The smallest absolute Gasteiger partial charge is 0.0623 e. The van der Waals surface area contributed by atoms with Gasteiger partial charge in [-0.3, -0.25) is 0 Å². The topological polar surface area (TPSA) is 35.2 Å². The minimum absolute atomic E-state index is 0.0211. The molecule has 0 radical (unpaired) electrons. The SMILES string of the molecule is COC(C)(C)CCC(N)C1CCC(C(C)C)CC1. The van der Waals surface area contributed by atoms with E-state index in [-0.39, 0.29) is 5.60 Å². The molecule has 1 atom stereocenters. The van der Waals surface area contributed by atoms with Crippen molar-refractivity contribution in [2.45, 2.75) is 77.9 Å². The van der Waals surface area contributed by atoms with Gasteiger partial charge in [0.05, 0.1) is 5.60 Å². The van der Waals surface area contributed by atoms with Crippen LogP contribution in [0.25, 0.3) is 0 Å². The molecule has 1 aliphatic rings. The molecule has 1 saturated carbocycles. The fourth-order valence-corrected chi connectivity index (χ4v) is 3.09. The molecule has 0 bridgehead atoms. The van der Waals surface area contributed by atoms with Gasteiger partial charge >= 0.3 is 0 Å². The van der Waals surface area contributed by atoms with E-state index in [0.717, 1.165) is 30.6 Å². The Morgan fingerprint density at radius 2 is 1.61 bits per heavy atom. The summed E-state index contributed by atoms with van der Waals surface area (Å²) in [5, 5.41) is 0. The van der Waals surface area contributed by atoms with Crippen molar-refractivity contribution in [1.29, 1.82) is 0 Å². The molecule has 0 amide bonds. The number of rotatable bonds is 6. The maximum Gasteiger partial charge on any atom is 0.0623 e. The van der Waals surface area contributed by atoms with Gasteiger partial charge in [0, 0.05) is 13.2 Å². The maximum atomic E-state index is 6.38. The van der Waals surface area contributed by atoms with Gasteiger partial charge in [0.15, 0.2) is 0 Å². The molecule has 0 heterocycles. The average Bonchev–Trinajstić information content (AvgIpc) is 2.36. The van der Waals surface area contributed by atoms with E-state index in [9.17, 15) is 0 Å². The summed E-state index contributed by atoms with van der Waals surface area (Å²) >= 11 is 0. The van der Waals surface area contributed by atoms with Gasteiger partial charge in [-0.15, -0.1) is 0 Å². The molecule has 1 unspecified atom stereocenters. The van der Waals surface area contributed by atoms with Crippen LogP contribution in [-0.2, 0) is 4.74 Å². The summed E-state index contributed by atoms with van der Waals surface area (Å²) in [6, 6.07) is 0.368. The second kappa shape index (κ2) is 6.91. The third kappa shape index (κ3) is 4.89. The van der Waals surface area contributed by atoms with Crippen molar-refractivity contribution in [2.24, 2.45) is 23.5 Å². The van der Waals surface area contributed by atoms with E-state index in [2.05, 4.69) is 27.7 Å². The molecule has 0 aromatic rings. The molecular formula is C16H33NO. The quantitative estimate of drug-likeness (QED) is 0.779. The first-order chi connectivity index (χ1) is 8.35. The lowest BCUT2D eigenvalue weighted by Crippen LogP contribution is -2.36. The van der Waals surface area contributed by atoms with Crippen molar-refractivity contribution < 1.29 is 4.74 Å². The van der Waals surface area contributed by atoms with Gasteiger partial charge in [-0.25, -0.2) is 0 Å². The summed E-state index contributed by atoms with van der Waals surface area (Å²) in [6.07, 6.45) is 7.58. The van der Waals surface area contributed by atoms with Crippen LogP contribution in [0.4, 0.5) is 0 Å². The Balaban J connectivity index is 2.30. The molecule has 18 heavy (non-hydrogen) atoms. The molecule has 0 aromatic carbocycles. The van der Waals surface area contributed by atoms with Crippen molar-refractivity contribution in [2.75, 3.05) is 7.11 Å². The number of ether oxygens (including phenoxy) is 1. The molecule has 1 aliphatic carbocycles. The van der Waals surface area contributed by atoms with Crippen LogP contribution in [0.2, 0.25) is 0 Å². The van der Waals surface area contributed by atoms with E-state index in [0.29, 0.717) is 6.04 Å². The normalized spacial score (nSPS) is 27.5. The van der Waals surface area contributed by atoms with E-state index in [1.807, 2.05) is 0 Å². The monoisotopic (exact) mass is 255 g/mol. The van der Waals surface area contributed by atoms with Crippen LogP contribution in [0.1, 0.15) is 66.2 Å². The van der Waals surface area contributed by atoms with Crippen molar-refractivity contribution in [3.8, 4) is 0 Å². The molecule has 0 saturated heterocycles. The predicted molar refractivity (Wildman–Crippen MR) is 78.6 cm³/mol. The predicted octanol–water partition coefficient (Wildman–Crippen LogP) is 3.98. The zero-order valence-electron chi connectivity index (χ0n) is 13.0. The summed E-state index contributed by atoms with van der Waals surface area (Å²) in [7, 11) is 1.79. The van der Waals surface area contributed by atoms with Crippen LogP contribution in [-0.4, -0.2) is 18.8 Å². The summed E-state index contributed by atoms with van der Waals surface area (Å²) < 4.78 is 5.47. The zero-order valence-corrected chi connectivity index (χ0v) is 13.0. The molecule has 1 rings (SSSR count). The van der Waals surface area contributed by atoms with E-state index in [4.69, 9.17) is 10.5 Å². The number of methoxy groups -OCH3 is 1. The van der Waals surface area contributed by atoms with E-state index < -0.39 is 0 Å². The molecule has 0 aliphatic heterocycles. The largest absolute Gasteiger partial charge is 0.379 e. The van der Waals surface area contributed by atoms with Gasteiger partial charge in [-0.05, 0) is 70.1 Å². The lowest BCUT2D eigenvalue weighted by molar-refractivity contribution is 0.0104. The molecule has 2 N–H and O–H groups in total. The third-order valence-corrected chi connectivity index (χ3v) is 5.00. The summed E-state index contributed by atoms with van der Waals surface area (Å²) in [5.41, 5.74) is 6.36. The molecule has 0 aromatic heterocycles. The number of hydrogen-bond donors (Lipinski definition) is 1. The fraction of sp³-hybridized carbons (Fsp3) is 1.00. The number of hydrogen-bond acceptors (Lipinski definition) is 2. The van der Waals surface area contributed by atoms with Crippen molar-refractivity contribution >= 4 is 0 Å². The Bertz CT molecular complexity index is 229. The Morgan fingerprint density at radius 1 is 1.11 bits per heavy atom. The maximum absolute atomic E-state index is 6.38. The highest BCUT2D eigenvalue weighted by Crippen LogP contribution is 2.35. The summed E-state index contributed by atoms with van der Waals surface area (Å²) in [6.45, 7) is 9.00. The van der Waals surface area contributed by atoms with E-state index >= 15 is 0 Å². The van der Waals surface area contributed by atoms with Crippen LogP contribution >= 0.6 is 0 Å². The van der Waals surface area contributed by atoms with Gasteiger partial charge in [0.25, 0.3) is 0 Å². The summed E-state index contributed by atoms with van der Waals surface area (Å²) in [4.78, 5) is 0. The van der Waals surface area contributed by atoms with Crippen LogP contribution in [0, 0.1) is 17.8 Å². The fourth-order valence-electron chi connectivity index (χ4n) is 3.09. The standard InChI is InChI=1S/C16H33NO/c1-12(2)13-6-8-14(9-7-13)15(17)10-11-16(3,4)18-5/h12-15H,6-11,17H2,1-5H3. The minimum atomic E-state index is -0.0211. The van der Waals surface area contributed by atoms with Gasteiger partial charge in [-0.2, -0.15) is 0 Å². The minimum Gasteiger partial charge on any atom is -0.379 e. The van der Waals surface area contributed by atoms with Crippen molar-refractivity contribution in [1.82, 2.24) is 0 Å². The first-order valence-electron chi connectivity index (χ1n) is 7.66. The molecule has 2 nitrogen and oxygen atoms in total. The highest BCUT2D eigenvalue weighted by Gasteiger charge is 2.28. The lowest BCUT2D eigenvalue weighted by atomic mass is 9.74. The first kappa shape index (κ1) is 16.0. The third-order valence-electron chi connectivity index (χ3n) is 5.00. The average molecular weight is 255 g/mol. The van der Waals surface area contributed by atoms with Gasteiger partial charge in [0.2, 0.25) is 0 Å². The van der Waals surface area contributed by atoms with E-state index in [1.54, 1.807) is 7.11 Å². The van der Waals surface area contributed by atoms with Crippen molar-refractivity contribution in [3.05, 3.63) is 0 Å². The Hall–Kier alpha value is -0.0800. The Labute approximate surface area is 114 Å². The van der Waals surface area contributed by atoms with Crippen LogP contribution in [0.5, 0.6) is 0 Å². The highest BCUT2D eigenvalue weighted by atomic mass is 16.5. The van der Waals surface area contributed by atoms with Crippen LogP contribution in [0.3, 0.4) is 0 Å². The Kier molecular flexibility index (Phi) is 6.13. The van der Waals surface area contributed by atoms with Crippen LogP contribution < -0.4 is 5.73 Å². The van der Waals surface area contributed by atoms with Gasteiger partial charge in [-0.1, -0.05) is 13.8 Å². The van der Waals surface area contributed by atoms with Gasteiger partial charge in [0.1, 0.15) is 0 Å². The molecule has 108 valence electrons. The van der Waals surface area contributed by atoms with Gasteiger partial charge < -0.3 is 10.5 Å². The Morgan fingerprint density at radius 3 is 2.06 bits per heavy atom. The summed E-state index contributed by atoms with van der Waals surface area (Å²) in [5.74, 6) is 2.52. The molecular weight excluding hydrogens is 222 g/mol. The number of nitrogens with two attached hydrogens (primary N) is 1. The molecule has 2 heteroatoms.